The van der Waals surface area contributed by atoms with Gasteiger partial charge in [-0.2, -0.15) is 0 Å². The van der Waals surface area contributed by atoms with Gasteiger partial charge in [-0.1, -0.05) is 6.42 Å². The third kappa shape index (κ3) is 2.96. The molecule has 0 amide bonds. The van der Waals surface area contributed by atoms with Gasteiger partial charge in [0, 0.05) is 12.6 Å². The van der Waals surface area contributed by atoms with Crippen molar-refractivity contribution < 1.29 is 9.53 Å². The van der Waals surface area contributed by atoms with Crippen LogP contribution < -0.4 is 5.73 Å². The SMILES string of the molecule is COC(=O)C(N)CCN(C)C1CCC1. The first-order chi connectivity index (χ1) is 6.65. The topological polar surface area (TPSA) is 55.6 Å². The van der Waals surface area contributed by atoms with E-state index < -0.39 is 6.04 Å². The first-order valence-corrected chi connectivity index (χ1v) is 5.18. The lowest BCUT2D eigenvalue weighted by Crippen LogP contribution is -2.41. The third-order valence-corrected chi connectivity index (χ3v) is 2.99. The highest BCUT2D eigenvalue weighted by molar-refractivity contribution is 5.75. The van der Waals surface area contributed by atoms with Crippen molar-refractivity contribution in [3.63, 3.8) is 0 Å². The standard InChI is InChI=1S/C10H20N2O2/c1-12(8-4-3-5-8)7-6-9(11)10(13)14-2/h8-9H,3-7,11H2,1-2H3. The summed E-state index contributed by atoms with van der Waals surface area (Å²) in [5.41, 5.74) is 5.63. The van der Waals surface area contributed by atoms with Crippen molar-refractivity contribution in [3.8, 4) is 0 Å². The Kier molecular flexibility index (Phi) is 4.35. The maximum atomic E-state index is 11.0. The molecule has 1 aliphatic rings. The predicted molar refractivity (Wildman–Crippen MR) is 54.9 cm³/mol. The van der Waals surface area contributed by atoms with E-state index in [0.717, 1.165) is 6.54 Å². The monoisotopic (exact) mass is 200 g/mol. The molecule has 0 spiro atoms. The van der Waals surface area contributed by atoms with Gasteiger partial charge in [0.05, 0.1) is 7.11 Å². The molecule has 0 aromatic carbocycles. The van der Waals surface area contributed by atoms with E-state index in [1.54, 1.807) is 0 Å². The maximum Gasteiger partial charge on any atom is 0.322 e. The van der Waals surface area contributed by atoms with Crippen LogP contribution in [0.1, 0.15) is 25.7 Å². The molecule has 1 rings (SSSR count). The van der Waals surface area contributed by atoms with E-state index in [9.17, 15) is 4.79 Å². The minimum Gasteiger partial charge on any atom is -0.468 e. The van der Waals surface area contributed by atoms with Crippen LogP contribution in [0.4, 0.5) is 0 Å². The van der Waals surface area contributed by atoms with Crippen LogP contribution in [0, 0.1) is 0 Å². The van der Waals surface area contributed by atoms with Crippen LogP contribution in [-0.2, 0) is 9.53 Å². The number of carbonyl (C=O) groups is 1. The van der Waals surface area contributed by atoms with Gasteiger partial charge in [0.15, 0.2) is 0 Å². The maximum absolute atomic E-state index is 11.0. The Morgan fingerprint density at radius 1 is 1.64 bits per heavy atom. The summed E-state index contributed by atoms with van der Waals surface area (Å²) >= 11 is 0. The van der Waals surface area contributed by atoms with Gasteiger partial charge in [0.2, 0.25) is 0 Å². The van der Waals surface area contributed by atoms with Gasteiger partial charge >= 0.3 is 5.97 Å². The molecule has 0 heterocycles. The first-order valence-electron chi connectivity index (χ1n) is 5.18. The minimum atomic E-state index is -0.470. The van der Waals surface area contributed by atoms with Crippen LogP contribution in [0.2, 0.25) is 0 Å². The summed E-state index contributed by atoms with van der Waals surface area (Å²) in [7, 11) is 3.46. The molecule has 1 atom stereocenters. The van der Waals surface area contributed by atoms with Gasteiger partial charge in [-0.25, -0.2) is 0 Å². The molecule has 0 radical (unpaired) electrons. The van der Waals surface area contributed by atoms with Crippen LogP contribution in [-0.4, -0.2) is 43.7 Å². The molecule has 1 saturated carbocycles. The molecule has 1 fully saturated rings. The molecular weight excluding hydrogens is 180 g/mol. The van der Waals surface area contributed by atoms with Crippen molar-refractivity contribution in [1.82, 2.24) is 4.90 Å². The third-order valence-electron chi connectivity index (χ3n) is 2.99. The van der Waals surface area contributed by atoms with Crippen LogP contribution in [0.25, 0.3) is 0 Å². The molecule has 0 bridgehead atoms. The smallest absolute Gasteiger partial charge is 0.322 e. The highest BCUT2D eigenvalue weighted by atomic mass is 16.5. The highest BCUT2D eigenvalue weighted by Crippen LogP contribution is 2.23. The molecule has 14 heavy (non-hydrogen) atoms. The van der Waals surface area contributed by atoms with Crippen LogP contribution in [0.15, 0.2) is 0 Å². The largest absolute Gasteiger partial charge is 0.468 e. The van der Waals surface area contributed by atoms with Gasteiger partial charge in [-0.05, 0) is 26.3 Å². The van der Waals surface area contributed by atoms with Gasteiger partial charge < -0.3 is 15.4 Å². The normalized spacial score (nSPS) is 19.1. The second-order valence-electron chi connectivity index (χ2n) is 3.98. The van der Waals surface area contributed by atoms with E-state index in [2.05, 4.69) is 16.7 Å². The zero-order chi connectivity index (χ0) is 10.6. The van der Waals surface area contributed by atoms with Crippen molar-refractivity contribution in [1.29, 1.82) is 0 Å². The number of nitrogens with zero attached hydrogens (tertiary/aromatic N) is 1. The Balaban J connectivity index is 2.15. The summed E-state index contributed by atoms with van der Waals surface area (Å²) in [6, 6.07) is 0.238. The van der Waals surface area contributed by atoms with E-state index in [1.807, 2.05) is 0 Å². The van der Waals surface area contributed by atoms with Gasteiger partial charge in [-0.15, -0.1) is 0 Å². The van der Waals surface area contributed by atoms with Gasteiger partial charge in [0.25, 0.3) is 0 Å². The Morgan fingerprint density at radius 3 is 2.71 bits per heavy atom. The van der Waals surface area contributed by atoms with Gasteiger partial charge in [0.1, 0.15) is 6.04 Å². The van der Waals surface area contributed by atoms with E-state index in [-0.39, 0.29) is 5.97 Å². The van der Waals surface area contributed by atoms with Crippen molar-refractivity contribution >= 4 is 5.97 Å². The Bertz CT molecular complexity index is 193. The second kappa shape index (κ2) is 5.32. The van der Waals surface area contributed by atoms with Crippen LogP contribution >= 0.6 is 0 Å². The summed E-state index contributed by atoms with van der Waals surface area (Å²) in [6.07, 6.45) is 4.58. The van der Waals surface area contributed by atoms with Gasteiger partial charge in [-0.3, -0.25) is 4.79 Å². The molecule has 1 aliphatic carbocycles. The van der Waals surface area contributed by atoms with Crippen molar-refractivity contribution in [2.45, 2.75) is 37.8 Å². The average molecular weight is 200 g/mol. The second-order valence-corrected chi connectivity index (χ2v) is 3.98. The first kappa shape index (κ1) is 11.5. The number of hydrogen-bond donors (Lipinski definition) is 1. The van der Waals surface area contributed by atoms with Crippen molar-refractivity contribution in [2.75, 3.05) is 20.7 Å². The zero-order valence-corrected chi connectivity index (χ0v) is 9.03. The number of ether oxygens (including phenoxy) is 1. The van der Waals surface area contributed by atoms with E-state index in [1.165, 1.54) is 26.4 Å². The fourth-order valence-corrected chi connectivity index (χ4v) is 1.62. The highest BCUT2D eigenvalue weighted by Gasteiger charge is 2.23. The van der Waals surface area contributed by atoms with E-state index in [4.69, 9.17) is 5.73 Å². The summed E-state index contributed by atoms with van der Waals surface area (Å²) in [6.45, 7) is 0.876. The summed E-state index contributed by atoms with van der Waals surface area (Å²) in [5.74, 6) is -0.313. The van der Waals surface area contributed by atoms with Crippen molar-refractivity contribution in [2.24, 2.45) is 5.73 Å². The van der Waals surface area contributed by atoms with Crippen LogP contribution in [0.5, 0.6) is 0 Å². The fraction of sp³-hybridized carbons (Fsp3) is 0.900. The minimum absolute atomic E-state index is 0.313. The number of rotatable bonds is 5. The molecular formula is C10H20N2O2. The number of nitrogens with two attached hydrogens (primary N) is 1. The molecule has 0 saturated heterocycles. The van der Waals surface area contributed by atoms with E-state index >= 15 is 0 Å². The molecule has 82 valence electrons. The summed E-state index contributed by atoms with van der Waals surface area (Å²) in [4.78, 5) is 13.3. The number of carbonyl (C=O) groups excluding carboxylic acids is 1. The molecule has 4 heteroatoms. The molecule has 4 nitrogen and oxygen atoms in total. The number of esters is 1. The molecule has 1 unspecified atom stereocenters. The summed E-state index contributed by atoms with van der Waals surface area (Å²) in [5, 5.41) is 0. The Labute approximate surface area is 85.4 Å². The lowest BCUT2D eigenvalue weighted by Gasteiger charge is -2.35. The quantitative estimate of drug-likeness (QED) is 0.651. The lowest BCUT2D eigenvalue weighted by atomic mass is 9.92. The molecule has 2 N–H and O–H groups in total. The Morgan fingerprint density at radius 2 is 2.29 bits per heavy atom. The van der Waals surface area contributed by atoms with Crippen molar-refractivity contribution in [3.05, 3.63) is 0 Å². The summed E-state index contributed by atoms with van der Waals surface area (Å²) < 4.78 is 4.56. The fourth-order valence-electron chi connectivity index (χ4n) is 1.62. The molecule has 0 aliphatic heterocycles. The van der Waals surface area contributed by atoms with E-state index in [0.29, 0.717) is 12.5 Å². The predicted octanol–water partition coefficient (Wildman–Crippen LogP) is 0.361. The lowest BCUT2D eigenvalue weighted by molar-refractivity contribution is -0.142. The average Bonchev–Trinajstić information content (AvgIpc) is 2.10. The number of methoxy groups -OCH3 is 1. The van der Waals surface area contributed by atoms with Crippen LogP contribution in [0.3, 0.4) is 0 Å². The molecule has 0 aromatic heterocycles. The molecule has 0 aromatic rings. The Hall–Kier alpha value is -0.610. The number of hydrogen-bond acceptors (Lipinski definition) is 4. The zero-order valence-electron chi connectivity index (χ0n) is 9.03.